The molecule has 3 unspecified atom stereocenters. The molecule has 2 bridgehead atoms. The molecule has 0 radical (unpaired) electrons. The Morgan fingerprint density at radius 1 is 1.29 bits per heavy atom. The number of hydrogen-bond acceptors (Lipinski definition) is 3. The van der Waals surface area contributed by atoms with Crippen molar-refractivity contribution in [3.63, 3.8) is 0 Å². The molecule has 3 atom stereocenters. The van der Waals surface area contributed by atoms with Crippen molar-refractivity contribution in [1.82, 2.24) is 10.2 Å². The molecule has 2 heterocycles. The van der Waals surface area contributed by atoms with E-state index in [9.17, 15) is 13.8 Å². The highest BCUT2D eigenvalue weighted by Gasteiger charge is 2.43. The molecule has 2 rings (SSSR count). The van der Waals surface area contributed by atoms with E-state index in [1.165, 1.54) is 0 Å². The maximum atomic E-state index is 12.3. The minimum absolute atomic E-state index is 0.0434. The van der Waals surface area contributed by atoms with Crippen molar-refractivity contribution in [2.24, 2.45) is 5.92 Å². The highest BCUT2D eigenvalue weighted by molar-refractivity contribution is 7.84. The van der Waals surface area contributed by atoms with Crippen LogP contribution < -0.4 is 5.32 Å². The van der Waals surface area contributed by atoms with Gasteiger partial charge in [-0.1, -0.05) is 0 Å². The van der Waals surface area contributed by atoms with Crippen molar-refractivity contribution in [3.8, 4) is 0 Å². The Kier molecular flexibility index (Phi) is 5.61. The third-order valence-corrected chi connectivity index (χ3v) is 5.28. The molecule has 0 aromatic heterocycles. The standard InChI is InChI=1S/C14H24N2O4S/c1-21(20)6-2-5-15-14(19)16-11-3-4-12(16)8-10(7-11)9-13(17)18/h10-12H,2-9H2,1H3,(H,15,19)(H,17,18). The van der Waals surface area contributed by atoms with Gasteiger partial charge in [0, 0.05) is 47.9 Å². The van der Waals surface area contributed by atoms with Gasteiger partial charge in [0.2, 0.25) is 0 Å². The summed E-state index contributed by atoms with van der Waals surface area (Å²) in [7, 11) is -0.818. The van der Waals surface area contributed by atoms with Crippen LogP contribution in [-0.2, 0) is 15.6 Å². The number of hydrogen-bond donors (Lipinski definition) is 2. The van der Waals surface area contributed by atoms with Crippen molar-refractivity contribution < 1.29 is 18.9 Å². The average Bonchev–Trinajstić information content (AvgIpc) is 2.65. The van der Waals surface area contributed by atoms with Crippen LogP contribution >= 0.6 is 0 Å². The molecule has 21 heavy (non-hydrogen) atoms. The molecule has 2 fully saturated rings. The highest BCUT2D eigenvalue weighted by Crippen LogP contribution is 2.39. The van der Waals surface area contributed by atoms with Crippen LogP contribution in [0.3, 0.4) is 0 Å². The lowest BCUT2D eigenvalue weighted by atomic mass is 9.88. The maximum absolute atomic E-state index is 12.3. The van der Waals surface area contributed by atoms with Crippen LogP contribution in [0.5, 0.6) is 0 Å². The molecule has 0 aromatic carbocycles. The van der Waals surface area contributed by atoms with Crippen LogP contribution in [0.15, 0.2) is 0 Å². The van der Waals surface area contributed by atoms with Gasteiger partial charge in [-0.2, -0.15) is 0 Å². The summed E-state index contributed by atoms with van der Waals surface area (Å²) in [5.41, 5.74) is 0. The number of carbonyl (C=O) groups is 2. The molecule has 2 N–H and O–H groups in total. The van der Waals surface area contributed by atoms with Crippen molar-refractivity contribution in [2.45, 2.75) is 50.6 Å². The van der Waals surface area contributed by atoms with Crippen LogP contribution in [0.1, 0.15) is 38.5 Å². The summed E-state index contributed by atoms with van der Waals surface area (Å²) in [4.78, 5) is 25.0. The van der Waals surface area contributed by atoms with Gasteiger partial charge in [-0.25, -0.2) is 4.79 Å². The van der Waals surface area contributed by atoms with Crippen molar-refractivity contribution in [3.05, 3.63) is 0 Å². The van der Waals surface area contributed by atoms with E-state index in [1.54, 1.807) is 6.26 Å². The second-order valence-electron chi connectivity index (χ2n) is 6.09. The largest absolute Gasteiger partial charge is 0.481 e. The van der Waals surface area contributed by atoms with E-state index in [0.717, 1.165) is 32.1 Å². The second-order valence-corrected chi connectivity index (χ2v) is 7.64. The number of aliphatic carboxylic acids is 1. The number of nitrogens with one attached hydrogen (secondary N) is 1. The number of carboxylic acids is 1. The number of carbonyl (C=O) groups excluding carboxylic acids is 1. The summed E-state index contributed by atoms with van der Waals surface area (Å²) in [6.45, 7) is 0.549. The first-order valence-corrected chi connectivity index (χ1v) is 9.28. The molecule has 0 aliphatic carbocycles. The van der Waals surface area contributed by atoms with Gasteiger partial charge < -0.3 is 15.3 Å². The molecule has 2 aliphatic rings. The fraction of sp³-hybridized carbons (Fsp3) is 0.857. The van der Waals surface area contributed by atoms with Gasteiger partial charge in [0.25, 0.3) is 0 Å². The van der Waals surface area contributed by atoms with Gasteiger partial charge in [-0.15, -0.1) is 0 Å². The molecule has 0 aromatic rings. The van der Waals surface area contributed by atoms with Gasteiger partial charge >= 0.3 is 12.0 Å². The van der Waals surface area contributed by atoms with Gasteiger partial charge in [0.05, 0.1) is 0 Å². The zero-order valence-corrected chi connectivity index (χ0v) is 13.2. The molecule has 7 heteroatoms. The van der Waals surface area contributed by atoms with Gasteiger partial charge in [0.15, 0.2) is 0 Å². The van der Waals surface area contributed by atoms with E-state index < -0.39 is 16.8 Å². The number of amides is 2. The van der Waals surface area contributed by atoms with Crippen molar-refractivity contribution >= 4 is 22.8 Å². The predicted molar refractivity (Wildman–Crippen MR) is 80.6 cm³/mol. The first-order chi connectivity index (χ1) is 9.97. The number of carboxylic acid groups (broad SMARTS) is 1. The Bertz CT molecular complexity index is 415. The molecule has 2 amide bonds. The number of fused-ring (bicyclic) bond motifs is 2. The van der Waals surface area contributed by atoms with Crippen LogP contribution in [0, 0.1) is 5.92 Å². The second kappa shape index (κ2) is 7.24. The van der Waals surface area contributed by atoms with E-state index in [-0.39, 0.29) is 30.5 Å². The Morgan fingerprint density at radius 3 is 2.43 bits per heavy atom. The molecule has 120 valence electrons. The first kappa shape index (κ1) is 16.3. The molecule has 0 spiro atoms. The van der Waals surface area contributed by atoms with E-state index in [2.05, 4.69) is 5.32 Å². The van der Waals surface area contributed by atoms with Gasteiger partial charge in [0.1, 0.15) is 0 Å². The Balaban J connectivity index is 1.81. The van der Waals surface area contributed by atoms with Gasteiger partial charge in [-0.05, 0) is 38.0 Å². The zero-order valence-electron chi connectivity index (χ0n) is 12.4. The first-order valence-electron chi connectivity index (χ1n) is 7.55. The maximum Gasteiger partial charge on any atom is 0.317 e. The Morgan fingerprint density at radius 2 is 1.90 bits per heavy atom. The van der Waals surface area contributed by atoms with E-state index in [1.807, 2.05) is 4.90 Å². The van der Waals surface area contributed by atoms with Crippen molar-refractivity contribution in [2.75, 3.05) is 18.6 Å². The quantitative estimate of drug-likeness (QED) is 0.721. The topological polar surface area (TPSA) is 86.7 Å². The van der Waals surface area contributed by atoms with Gasteiger partial charge in [-0.3, -0.25) is 9.00 Å². The smallest absolute Gasteiger partial charge is 0.317 e. The van der Waals surface area contributed by atoms with Crippen LogP contribution in [0.2, 0.25) is 0 Å². The fourth-order valence-corrected chi connectivity index (χ4v) is 4.15. The van der Waals surface area contributed by atoms with Crippen LogP contribution in [0.4, 0.5) is 4.79 Å². The van der Waals surface area contributed by atoms with E-state index in [4.69, 9.17) is 5.11 Å². The molecular formula is C14H24N2O4S. The van der Waals surface area contributed by atoms with Crippen LogP contribution in [-0.4, -0.2) is 56.9 Å². The molecule has 0 saturated carbocycles. The minimum Gasteiger partial charge on any atom is -0.481 e. The minimum atomic E-state index is -0.818. The molecule has 2 saturated heterocycles. The number of rotatable bonds is 6. The van der Waals surface area contributed by atoms with E-state index in [0.29, 0.717) is 12.3 Å². The fourth-order valence-electron chi connectivity index (χ4n) is 3.60. The summed E-state index contributed by atoms with van der Waals surface area (Å²) in [6, 6.07) is 0.333. The lowest BCUT2D eigenvalue weighted by Gasteiger charge is -2.38. The SMILES string of the molecule is CS(=O)CCCNC(=O)N1C2CCC1CC(CC(=O)O)C2. The molecule has 6 nitrogen and oxygen atoms in total. The summed E-state index contributed by atoms with van der Waals surface area (Å²) < 4.78 is 11.0. The molecule has 2 aliphatic heterocycles. The highest BCUT2D eigenvalue weighted by atomic mass is 32.2. The number of nitrogens with zero attached hydrogens (tertiary/aromatic N) is 1. The Hall–Kier alpha value is -1.11. The molecular weight excluding hydrogens is 292 g/mol. The zero-order chi connectivity index (χ0) is 15.4. The Labute approximate surface area is 127 Å². The monoisotopic (exact) mass is 316 g/mol. The lowest BCUT2D eigenvalue weighted by molar-refractivity contribution is -0.138. The normalized spacial score (nSPS) is 29.2. The number of piperidine rings is 1. The average molecular weight is 316 g/mol. The third kappa shape index (κ3) is 4.43. The summed E-state index contributed by atoms with van der Waals surface area (Å²) in [5, 5.41) is 11.8. The third-order valence-electron chi connectivity index (χ3n) is 4.41. The van der Waals surface area contributed by atoms with E-state index >= 15 is 0 Å². The lowest BCUT2D eigenvalue weighted by Crippen LogP contribution is -2.51. The summed E-state index contributed by atoms with van der Waals surface area (Å²) in [5.74, 6) is 0.0600. The summed E-state index contributed by atoms with van der Waals surface area (Å²) >= 11 is 0. The summed E-state index contributed by atoms with van der Waals surface area (Å²) in [6.07, 6.45) is 6.16. The number of urea groups is 1. The predicted octanol–water partition coefficient (Wildman–Crippen LogP) is 1.18. The van der Waals surface area contributed by atoms with Crippen molar-refractivity contribution in [1.29, 1.82) is 0 Å². The van der Waals surface area contributed by atoms with Crippen LogP contribution in [0.25, 0.3) is 0 Å².